The van der Waals surface area contributed by atoms with Gasteiger partial charge in [-0.2, -0.15) is 0 Å². The summed E-state index contributed by atoms with van der Waals surface area (Å²) in [7, 11) is 1.86. The van der Waals surface area contributed by atoms with E-state index in [1.54, 1.807) is 4.57 Å². The molecule has 1 aliphatic rings. The van der Waals surface area contributed by atoms with Gasteiger partial charge in [0.25, 0.3) is 0 Å². The number of imidazole rings is 1. The lowest BCUT2D eigenvalue weighted by atomic mass is 10.0. The molecule has 0 spiro atoms. The van der Waals surface area contributed by atoms with Crippen molar-refractivity contribution >= 4 is 16.7 Å². The molecule has 1 aliphatic heterocycles. The number of hydrogen-bond acceptors (Lipinski definition) is 2. The predicted molar refractivity (Wildman–Crippen MR) is 94.1 cm³/mol. The van der Waals surface area contributed by atoms with E-state index in [1.165, 1.54) is 5.69 Å². The van der Waals surface area contributed by atoms with E-state index in [9.17, 15) is 4.79 Å². The summed E-state index contributed by atoms with van der Waals surface area (Å²) >= 11 is 0. The molecule has 2 aromatic carbocycles. The van der Waals surface area contributed by atoms with Crippen molar-refractivity contribution in [2.24, 2.45) is 7.05 Å². The summed E-state index contributed by atoms with van der Waals surface area (Å²) in [5, 5.41) is 0. The molecule has 0 saturated carbocycles. The minimum atomic E-state index is 0.101. The first-order chi connectivity index (χ1) is 11.3. The minimum absolute atomic E-state index is 0.101. The Labute approximate surface area is 135 Å². The van der Waals surface area contributed by atoms with Crippen molar-refractivity contribution in [3.05, 3.63) is 65.1 Å². The number of aromatic nitrogens is 2. The van der Waals surface area contributed by atoms with Gasteiger partial charge in [0, 0.05) is 31.9 Å². The van der Waals surface area contributed by atoms with E-state index in [1.807, 2.05) is 35.9 Å². The molecule has 0 amide bonds. The van der Waals surface area contributed by atoms with Crippen LogP contribution in [-0.4, -0.2) is 22.2 Å². The zero-order chi connectivity index (χ0) is 15.8. The van der Waals surface area contributed by atoms with Crippen LogP contribution >= 0.6 is 0 Å². The third kappa shape index (κ3) is 2.34. The summed E-state index contributed by atoms with van der Waals surface area (Å²) < 4.78 is 3.76. The van der Waals surface area contributed by atoms with Gasteiger partial charge in [-0.25, -0.2) is 4.79 Å². The second-order valence-corrected chi connectivity index (χ2v) is 6.25. The normalized spacial score (nSPS) is 16.1. The van der Waals surface area contributed by atoms with Crippen LogP contribution in [0.3, 0.4) is 0 Å². The molecule has 0 bridgehead atoms. The zero-order valence-corrected chi connectivity index (χ0v) is 13.4. The molecule has 0 atom stereocenters. The summed E-state index contributed by atoms with van der Waals surface area (Å²) in [5.74, 6) is 0. The summed E-state index contributed by atoms with van der Waals surface area (Å²) in [5.41, 5.74) is 3.45. The van der Waals surface area contributed by atoms with Crippen LogP contribution in [0.4, 0.5) is 5.69 Å². The fourth-order valence-electron chi connectivity index (χ4n) is 3.69. The summed E-state index contributed by atoms with van der Waals surface area (Å²) in [6.45, 7) is 1.98. The molecule has 1 aromatic heterocycles. The number of anilines is 1. The molecule has 4 rings (SSSR count). The monoisotopic (exact) mass is 307 g/mol. The topological polar surface area (TPSA) is 30.2 Å². The molecule has 3 aromatic rings. The Hall–Kier alpha value is -2.49. The van der Waals surface area contributed by atoms with Crippen LogP contribution < -0.4 is 10.6 Å². The van der Waals surface area contributed by atoms with Gasteiger partial charge < -0.3 is 4.90 Å². The van der Waals surface area contributed by atoms with Gasteiger partial charge in [-0.05, 0) is 37.1 Å². The number of rotatable bonds is 2. The van der Waals surface area contributed by atoms with Crippen LogP contribution in [0.5, 0.6) is 0 Å². The molecular weight excluding hydrogens is 286 g/mol. The van der Waals surface area contributed by atoms with Crippen LogP contribution in [0.2, 0.25) is 0 Å². The Morgan fingerprint density at radius 1 is 0.870 bits per heavy atom. The molecule has 118 valence electrons. The predicted octanol–water partition coefficient (Wildman–Crippen LogP) is 3.18. The van der Waals surface area contributed by atoms with Crippen LogP contribution in [0.25, 0.3) is 11.0 Å². The number of aryl methyl sites for hydroxylation is 1. The van der Waals surface area contributed by atoms with Crippen LogP contribution in [-0.2, 0) is 7.05 Å². The van der Waals surface area contributed by atoms with Crippen molar-refractivity contribution in [2.45, 2.75) is 18.9 Å². The van der Waals surface area contributed by atoms with E-state index in [4.69, 9.17) is 0 Å². The van der Waals surface area contributed by atoms with Gasteiger partial charge in [0.05, 0.1) is 11.0 Å². The van der Waals surface area contributed by atoms with Crippen molar-refractivity contribution in [3.63, 3.8) is 0 Å². The second-order valence-electron chi connectivity index (χ2n) is 6.25. The van der Waals surface area contributed by atoms with Crippen LogP contribution in [0.1, 0.15) is 18.9 Å². The highest BCUT2D eigenvalue weighted by atomic mass is 16.1. The van der Waals surface area contributed by atoms with E-state index in [2.05, 4.69) is 35.2 Å². The molecule has 23 heavy (non-hydrogen) atoms. The summed E-state index contributed by atoms with van der Waals surface area (Å²) in [6, 6.07) is 18.9. The zero-order valence-electron chi connectivity index (χ0n) is 13.4. The number of piperidine rings is 1. The van der Waals surface area contributed by atoms with E-state index in [-0.39, 0.29) is 11.7 Å². The smallest absolute Gasteiger partial charge is 0.329 e. The fraction of sp³-hybridized carbons (Fsp3) is 0.316. The van der Waals surface area contributed by atoms with Gasteiger partial charge in [-0.3, -0.25) is 9.13 Å². The highest BCUT2D eigenvalue weighted by Gasteiger charge is 2.24. The maximum atomic E-state index is 12.7. The van der Waals surface area contributed by atoms with Gasteiger partial charge in [0.15, 0.2) is 0 Å². The van der Waals surface area contributed by atoms with Gasteiger partial charge in [-0.1, -0.05) is 30.3 Å². The number of hydrogen-bond donors (Lipinski definition) is 0. The number of benzene rings is 2. The van der Waals surface area contributed by atoms with E-state index >= 15 is 0 Å². The second kappa shape index (κ2) is 5.61. The maximum absolute atomic E-state index is 12.7. The highest BCUT2D eigenvalue weighted by molar-refractivity contribution is 5.76. The van der Waals surface area contributed by atoms with Crippen molar-refractivity contribution in [3.8, 4) is 0 Å². The van der Waals surface area contributed by atoms with Gasteiger partial charge >= 0.3 is 5.69 Å². The maximum Gasteiger partial charge on any atom is 0.329 e. The third-order valence-corrected chi connectivity index (χ3v) is 4.95. The summed E-state index contributed by atoms with van der Waals surface area (Å²) in [6.07, 6.45) is 2.01. The summed E-state index contributed by atoms with van der Waals surface area (Å²) in [4.78, 5) is 15.1. The lowest BCUT2D eigenvalue weighted by molar-refractivity contribution is 0.393. The fourth-order valence-corrected chi connectivity index (χ4v) is 3.69. The molecule has 0 aliphatic carbocycles. The first kappa shape index (κ1) is 14.1. The molecule has 4 nitrogen and oxygen atoms in total. The molecule has 0 unspecified atom stereocenters. The van der Waals surface area contributed by atoms with Crippen LogP contribution in [0.15, 0.2) is 59.4 Å². The lowest BCUT2D eigenvalue weighted by Crippen LogP contribution is -2.37. The first-order valence-corrected chi connectivity index (χ1v) is 8.21. The van der Waals surface area contributed by atoms with E-state index in [0.29, 0.717) is 0 Å². The molecule has 0 N–H and O–H groups in total. The average Bonchev–Trinajstić information content (AvgIpc) is 2.87. The van der Waals surface area contributed by atoms with Crippen molar-refractivity contribution in [1.29, 1.82) is 0 Å². The van der Waals surface area contributed by atoms with Crippen LogP contribution in [0, 0.1) is 0 Å². The molecule has 1 saturated heterocycles. The highest BCUT2D eigenvalue weighted by Crippen LogP contribution is 2.28. The molecule has 1 fully saturated rings. The SMILES string of the molecule is Cn1c(=O)n(C2CCN(c3ccccc3)CC2)c2ccccc21. The molecular formula is C19H21N3O. The largest absolute Gasteiger partial charge is 0.371 e. The van der Waals surface area contributed by atoms with E-state index < -0.39 is 0 Å². The van der Waals surface area contributed by atoms with Crippen molar-refractivity contribution in [1.82, 2.24) is 9.13 Å². The Morgan fingerprint density at radius 2 is 1.48 bits per heavy atom. The molecule has 0 radical (unpaired) electrons. The number of fused-ring (bicyclic) bond motifs is 1. The van der Waals surface area contributed by atoms with E-state index in [0.717, 1.165) is 37.0 Å². The first-order valence-electron chi connectivity index (χ1n) is 8.21. The average molecular weight is 307 g/mol. The molecule has 4 heteroatoms. The Kier molecular flexibility index (Phi) is 3.45. The van der Waals surface area contributed by atoms with Gasteiger partial charge in [0.1, 0.15) is 0 Å². The standard InChI is InChI=1S/C19H21N3O/c1-20-17-9-5-6-10-18(17)22(19(20)23)16-11-13-21(14-12-16)15-7-3-2-4-8-15/h2-10,16H,11-14H2,1H3. The molecule has 2 heterocycles. The van der Waals surface area contributed by atoms with Crippen molar-refractivity contribution in [2.75, 3.05) is 18.0 Å². The Bertz CT molecular complexity index is 871. The lowest BCUT2D eigenvalue weighted by Gasteiger charge is -2.34. The number of nitrogens with zero attached hydrogens (tertiary/aromatic N) is 3. The van der Waals surface area contributed by atoms with Gasteiger partial charge in [-0.15, -0.1) is 0 Å². The third-order valence-electron chi connectivity index (χ3n) is 4.95. The number of para-hydroxylation sites is 3. The quantitative estimate of drug-likeness (QED) is 0.728. The minimum Gasteiger partial charge on any atom is -0.371 e. The van der Waals surface area contributed by atoms with Crippen molar-refractivity contribution < 1.29 is 0 Å². The Balaban J connectivity index is 1.62. The van der Waals surface area contributed by atoms with Gasteiger partial charge in [0.2, 0.25) is 0 Å². The Morgan fingerprint density at radius 3 is 2.17 bits per heavy atom.